The molecule has 2 aromatic carbocycles. The number of nitrogens with zero attached hydrogens (tertiary/aromatic N) is 3. The molecule has 0 unspecified atom stereocenters. The van der Waals surface area contributed by atoms with E-state index in [4.69, 9.17) is 19.0 Å². The van der Waals surface area contributed by atoms with Gasteiger partial charge in [-0.25, -0.2) is 4.79 Å². The first-order valence-corrected chi connectivity index (χ1v) is 10.7. The van der Waals surface area contributed by atoms with Gasteiger partial charge in [0.15, 0.2) is 18.1 Å². The third-order valence-corrected chi connectivity index (χ3v) is 6.12. The number of nitriles is 1. The minimum atomic E-state index is -0.774. The van der Waals surface area contributed by atoms with E-state index in [0.29, 0.717) is 22.2 Å². The molecule has 0 aromatic heterocycles. The molecule has 0 atom stereocenters. The van der Waals surface area contributed by atoms with Crippen molar-refractivity contribution in [2.75, 3.05) is 32.0 Å². The Balaban J connectivity index is 1.30. The van der Waals surface area contributed by atoms with Gasteiger partial charge in [0.05, 0.1) is 11.4 Å². The first kappa shape index (κ1) is 22.2. The summed E-state index contributed by atoms with van der Waals surface area (Å²) in [6.07, 6.45) is 0. The Hall–Kier alpha value is -3.97. The first-order chi connectivity index (χ1) is 16.0. The lowest BCUT2D eigenvalue weighted by atomic mass is 10.1. The third kappa shape index (κ3) is 4.78. The van der Waals surface area contributed by atoms with Gasteiger partial charge in [-0.2, -0.15) is 5.26 Å². The third-order valence-electron chi connectivity index (χ3n) is 4.88. The molecule has 0 spiro atoms. The predicted molar refractivity (Wildman–Crippen MR) is 120 cm³/mol. The van der Waals surface area contributed by atoms with Crippen LogP contribution < -0.4 is 14.4 Å². The number of carbonyl (C=O) groups excluding carboxylic acids is 2. The number of anilines is 1. The van der Waals surface area contributed by atoms with Crippen LogP contribution in [0.25, 0.3) is 0 Å². The number of thioether (sulfide) groups is 1. The number of carbonyl (C=O) groups is 2. The highest BCUT2D eigenvalue weighted by atomic mass is 32.2. The minimum Gasteiger partial charge on any atom is -0.455 e. The standard InChI is InChI=1S/C23H19N3O6S/c1-14(15-7-8-19-20(9-15)31-13-30-19)25-32-12-22(28)29-11-18(27)16(10-24)23-26(2)17-5-3-4-6-21(17)33-23/h3-9H,11-13H2,1-2H3/b23-16+,25-14+. The van der Waals surface area contributed by atoms with Crippen LogP contribution in [0.5, 0.6) is 11.5 Å². The monoisotopic (exact) mass is 465 g/mol. The Morgan fingerprint density at radius 1 is 1.18 bits per heavy atom. The van der Waals surface area contributed by atoms with Crippen LogP contribution >= 0.6 is 11.8 Å². The molecule has 0 N–H and O–H groups in total. The molecule has 0 amide bonds. The van der Waals surface area contributed by atoms with Gasteiger partial charge >= 0.3 is 5.97 Å². The van der Waals surface area contributed by atoms with Gasteiger partial charge in [0, 0.05) is 17.5 Å². The summed E-state index contributed by atoms with van der Waals surface area (Å²) in [6, 6.07) is 14.8. The van der Waals surface area contributed by atoms with Gasteiger partial charge in [0.25, 0.3) is 0 Å². The van der Waals surface area contributed by atoms with Crippen molar-refractivity contribution in [2.24, 2.45) is 5.16 Å². The van der Waals surface area contributed by atoms with Gasteiger partial charge < -0.3 is 23.9 Å². The van der Waals surface area contributed by atoms with Crippen molar-refractivity contribution >= 4 is 34.9 Å². The molecule has 0 saturated carbocycles. The van der Waals surface area contributed by atoms with E-state index in [1.54, 1.807) is 37.1 Å². The molecule has 0 radical (unpaired) electrons. The molecule has 2 aliphatic heterocycles. The molecule has 2 heterocycles. The van der Waals surface area contributed by atoms with Crippen LogP contribution in [0.4, 0.5) is 5.69 Å². The van der Waals surface area contributed by atoms with E-state index >= 15 is 0 Å². The number of fused-ring (bicyclic) bond motifs is 2. The van der Waals surface area contributed by atoms with Gasteiger partial charge in [-0.1, -0.05) is 29.1 Å². The zero-order chi connectivity index (χ0) is 23.4. The Kier molecular flexibility index (Phi) is 6.51. The molecule has 4 rings (SSSR count). The van der Waals surface area contributed by atoms with E-state index in [2.05, 4.69) is 5.16 Å². The summed E-state index contributed by atoms with van der Waals surface area (Å²) in [5, 5.41) is 13.9. The second-order valence-corrected chi connectivity index (χ2v) is 8.05. The first-order valence-electron chi connectivity index (χ1n) is 9.88. The molecule has 0 saturated heterocycles. The normalized spacial score (nSPS) is 15.5. The summed E-state index contributed by atoms with van der Waals surface area (Å²) in [7, 11) is 1.78. The number of esters is 1. The van der Waals surface area contributed by atoms with Crippen LogP contribution in [0.2, 0.25) is 0 Å². The van der Waals surface area contributed by atoms with Crippen LogP contribution in [-0.4, -0.2) is 44.5 Å². The summed E-state index contributed by atoms with van der Waals surface area (Å²) in [5.41, 5.74) is 2.10. The van der Waals surface area contributed by atoms with Gasteiger partial charge in [-0.3, -0.25) is 4.79 Å². The molecule has 0 bridgehead atoms. The highest BCUT2D eigenvalue weighted by Crippen LogP contribution is 2.46. The molecule has 0 aliphatic carbocycles. The maximum Gasteiger partial charge on any atom is 0.347 e. The van der Waals surface area contributed by atoms with Crippen molar-refractivity contribution in [2.45, 2.75) is 11.8 Å². The van der Waals surface area contributed by atoms with Crippen LogP contribution in [0.15, 0.2) is 63.1 Å². The van der Waals surface area contributed by atoms with Crippen LogP contribution in [0.1, 0.15) is 12.5 Å². The summed E-state index contributed by atoms with van der Waals surface area (Å²) >= 11 is 1.32. The Morgan fingerprint density at radius 3 is 2.76 bits per heavy atom. The van der Waals surface area contributed by atoms with Crippen molar-refractivity contribution in [3.8, 4) is 17.6 Å². The van der Waals surface area contributed by atoms with E-state index < -0.39 is 25.0 Å². The molecule has 2 aliphatic rings. The SMILES string of the molecule is C/C(=N\OCC(=O)OCC(=O)/C(C#N)=C1/Sc2ccccc2N1C)c1ccc2c(c1)OCO2. The number of benzene rings is 2. The number of oxime groups is 1. The summed E-state index contributed by atoms with van der Waals surface area (Å²) in [4.78, 5) is 32.3. The van der Waals surface area contributed by atoms with Crippen LogP contribution in [-0.2, 0) is 19.2 Å². The fourth-order valence-corrected chi connectivity index (χ4v) is 4.33. The van der Waals surface area contributed by atoms with E-state index in [1.807, 2.05) is 30.3 Å². The molecule has 2 aromatic rings. The van der Waals surface area contributed by atoms with Gasteiger partial charge in [-0.15, -0.1) is 0 Å². The maximum absolute atomic E-state index is 12.5. The fraction of sp³-hybridized carbons (Fsp3) is 0.217. The second kappa shape index (κ2) is 9.67. The molecule has 0 fully saturated rings. The Labute approximate surface area is 194 Å². The van der Waals surface area contributed by atoms with Crippen molar-refractivity contribution < 1.29 is 28.6 Å². The molecular formula is C23H19N3O6S. The largest absolute Gasteiger partial charge is 0.455 e. The Bertz CT molecular complexity index is 1220. The average molecular weight is 465 g/mol. The average Bonchev–Trinajstić information content (AvgIpc) is 3.42. The lowest BCUT2D eigenvalue weighted by molar-refractivity contribution is -0.151. The summed E-state index contributed by atoms with van der Waals surface area (Å²) < 4.78 is 15.6. The van der Waals surface area contributed by atoms with Crippen molar-refractivity contribution in [1.82, 2.24) is 0 Å². The van der Waals surface area contributed by atoms with Crippen LogP contribution in [0, 0.1) is 11.3 Å². The number of hydrogen-bond acceptors (Lipinski definition) is 10. The number of para-hydroxylation sites is 1. The predicted octanol–water partition coefficient (Wildman–Crippen LogP) is 3.25. The van der Waals surface area contributed by atoms with Gasteiger partial charge in [0.2, 0.25) is 19.2 Å². The maximum atomic E-state index is 12.5. The van der Waals surface area contributed by atoms with E-state index in [9.17, 15) is 14.9 Å². The highest BCUT2D eigenvalue weighted by Gasteiger charge is 2.28. The van der Waals surface area contributed by atoms with Crippen molar-refractivity contribution in [1.29, 1.82) is 5.26 Å². The zero-order valence-electron chi connectivity index (χ0n) is 17.9. The molecule has 9 nitrogen and oxygen atoms in total. The lowest BCUT2D eigenvalue weighted by Gasteiger charge is -2.14. The van der Waals surface area contributed by atoms with Crippen molar-refractivity contribution in [3.63, 3.8) is 0 Å². The van der Waals surface area contributed by atoms with E-state index in [0.717, 1.165) is 16.1 Å². The van der Waals surface area contributed by atoms with E-state index in [-0.39, 0.29) is 12.4 Å². The van der Waals surface area contributed by atoms with Crippen molar-refractivity contribution in [3.05, 3.63) is 58.6 Å². The lowest BCUT2D eigenvalue weighted by Crippen LogP contribution is -2.21. The number of hydrogen-bond donors (Lipinski definition) is 0. The molecular weight excluding hydrogens is 446 g/mol. The second-order valence-electron chi connectivity index (χ2n) is 7.02. The molecule has 33 heavy (non-hydrogen) atoms. The van der Waals surface area contributed by atoms with Gasteiger partial charge in [-0.05, 0) is 37.3 Å². The smallest absolute Gasteiger partial charge is 0.347 e. The number of ether oxygens (including phenoxy) is 3. The topological polar surface area (TPSA) is 110 Å². The number of rotatable bonds is 7. The van der Waals surface area contributed by atoms with Crippen LogP contribution in [0.3, 0.4) is 0 Å². The quantitative estimate of drug-likeness (QED) is 0.200. The summed E-state index contributed by atoms with van der Waals surface area (Å²) in [5.74, 6) is -0.105. The number of ketones is 1. The Morgan fingerprint density at radius 2 is 1.97 bits per heavy atom. The molecule has 10 heteroatoms. The number of Topliss-reactive ketones (excluding diaryl/α,β-unsaturated/α-hetero) is 1. The minimum absolute atomic E-state index is 0.0657. The fourth-order valence-electron chi connectivity index (χ4n) is 3.17. The van der Waals surface area contributed by atoms with E-state index in [1.165, 1.54) is 11.8 Å². The highest BCUT2D eigenvalue weighted by molar-refractivity contribution is 8.03. The van der Waals surface area contributed by atoms with Gasteiger partial charge in [0.1, 0.15) is 16.7 Å². The summed E-state index contributed by atoms with van der Waals surface area (Å²) in [6.45, 7) is 0.839. The molecule has 168 valence electrons. The zero-order valence-corrected chi connectivity index (χ0v) is 18.7.